The molecule has 1 aromatic carbocycles. The molecule has 0 aliphatic heterocycles. The van der Waals surface area contributed by atoms with Crippen LogP contribution in [0.2, 0.25) is 0 Å². The number of nitrogens with zero attached hydrogens (tertiary/aromatic N) is 2. The second-order valence-corrected chi connectivity index (χ2v) is 6.02. The van der Waals surface area contributed by atoms with E-state index in [-0.39, 0.29) is 35.5 Å². The molecule has 0 aliphatic carbocycles. The third kappa shape index (κ3) is 5.90. The van der Waals surface area contributed by atoms with Gasteiger partial charge < -0.3 is 15.4 Å². The van der Waals surface area contributed by atoms with Gasteiger partial charge in [-0.1, -0.05) is 13.0 Å². The molecule has 2 aromatic rings. The van der Waals surface area contributed by atoms with Crippen LogP contribution in [0.15, 0.2) is 29.4 Å². The summed E-state index contributed by atoms with van der Waals surface area (Å²) in [6.07, 6.45) is 2.89. The first-order valence-electron chi connectivity index (χ1n) is 7.36. The maximum atomic E-state index is 13.7. The molecule has 0 fully saturated rings. The minimum Gasteiger partial charge on any atom is -0.494 e. The summed E-state index contributed by atoms with van der Waals surface area (Å²) in [6.45, 7) is 3.19. The van der Waals surface area contributed by atoms with Gasteiger partial charge in [-0.15, -0.1) is 35.3 Å². The van der Waals surface area contributed by atoms with Gasteiger partial charge in [0.15, 0.2) is 17.5 Å². The van der Waals surface area contributed by atoms with Gasteiger partial charge in [0, 0.05) is 24.7 Å². The Morgan fingerprint density at radius 1 is 1.33 bits per heavy atom. The molecule has 0 aliphatic rings. The molecule has 0 unspecified atom stereocenters. The van der Waals surface area contributed by atoms with Gasteiger partial charge in [0.25, 0.3) is 0 Å². The first-order chi connectivity index (χ1) is 11.2. The molecule has 8 heteroatoms. The zero-order valence-electron chi connectivity index (χ0n) is 13.9. The lowest BCUT2D eigenvalue weighted by molar-refractivity contribution is 0.386. The minimum atomic E-state index is -0.371. The van der Waals surface area contributed by atoms with Crippen molar-refractivity contribution in [2.45, 2.75) is 26.4 Å². The van der Waals surface area contributed by atoms with Gasteiger partial charge in [-0.05, 0) is 24.1 Å². The molecule has 0 saturated heterocycles. The average molecular weight is 464 g/mol. The molecule has 0 atom stereocenters. The second-order valence-electron chi connectivity index (χ2n) is 4.82. The Bertz CT molecular complexity index is 678. The van der Waals surface area contributed by atoms with Gasteiger partial charge in [-0.3, -0.25) is 4.99 Å². The van der Waals surface area contributed by atoms with Crippen LogP contribution in [-0.2, 0) is 19.5 Å². The number of halogens is 2. The number of aliphatic imine (C=N–C) groups is 1. The highest BCUT2D eigenvalue weighted by Gasteiger charge is 2.05. The zero-order chi connectivity index (χ0) is 16.7. The highest BCUT2D eigenvalue weighted by Crippen LogP contribution is 2.17. The first-order valence-corrected chi connectivity index (χ1v) is 8.18. The molecule has 0 saturated carbocycles. The van der Waals surface area contributed by atoms with Crippen LogP contribution in [-0.4, -0.2) is 25.1 Å². The Morgan fingerprint density at radius 2 is 2.08 bits per heavy atom. The Kier molecular flexibility index (Phi) is 8.98. The van der Waals surface area contributed by atoms with E-state index in [1.54, 1.807) is 24.5 Å². The van der Waals surface area contributed by atoms with E-state index >= 15 is 0 Å². The van der Waals surface area contributed by atoms with E-state index in [0.29, 0.717) is 19.0 Å². The Hall–Kier alpha value is -1.42. The number of ether oxygens (including phenoxy) is 1. The van der Waals surface area contributed by atoms with Gasteiger partial charge >= 0.3 is 0 Å². The van der Waals surface area contributed by atoms with E-state index in [9.17, 15) is 4.39 Å². The molecule has 0 radical (unpaired) electrons. The van der Waals surface area contributed by atoms with Crippen molar-refractivity contribution in [1.82, 2.24) is 15.6 Å². The van der Waals surface area contributed by atoms with Gasteiger partial charge in [-0.25, -0.2) is 9.37 Å². The molecule has 132 valence electrons. The van der Waals surface area contributed by atoms with Crippen molar-refractivity contribution < 1.29 is 9.13 Å². The number of thiazole rings is 1. The zero-order valence-corrected chi connectivity index (χ0v) is 17.1. The van der Waals surface area contributed by atoms with E-state index in [1.807, 2.05) is 12.3 Å². The molecule has 0 spiro atoms. The summed E-state index contributed by atoms with van der Waals surface area (Å²) in [5.74, 6) is 0.519. The van der Waals surface area contributed by atoms with Gasteiger partial charge in [0.05, 0.1) is 13.7 Å². The average Bonchev–Trinajstić information content (AvgIpc) is 3.03. The van der Waals surface area contributed by atoms with Crippen LogP contribution >= 0.6 is 35.3 Å². The number of guanidine groups is 1. The summed E-state index contributed by atoms with van der Waals surface area (Å²) in [5.41, 5.74) is 0.814. The number of rotatable bonds is 6. The third-order valence-corrected chi connectivity index (χ3v) is 4.40. The van der Waals surface area contributed by atoms with Crippen molar-refractivity contribution in [1.29, 1.82) is 0 Å². The maximum Gasteiger partial charge on any atom is 0.191 e. The molecule has 1 aromatic heterocycles. The van der Waals surface area contributed by atoms with E-state index in [2.05, 4.69) is 27.5 Å². The minimum absolute atomic E-state index is 0. The molecule has 24 heavy (non-hydrogen) atoms. The topological polar surface area (TPSA) is 58.5 Å². The highest BCUT2D eigenvalue weighted by molar-refractivity contribution is 14.0. The molecule has 2 rings (SSSR count). The summed E-state index contributed by atoms with van der Waals surface area (Å²) < 4.78 is 18.6. The Morgan fingerprint density at radius 3 is 2.67 bits per heavy atom. The highest BCUT2D eigenvalue weighted by atomic mass is 127. The van der Waals surface area contributed by atoms with Crippen LogP contribution in [0.5, 0.6) is 5.75 Å². The molecular weight excluding hydrogens is 442 g/mol. The molecule has 2 N–H and O–H groups in total. The van der Waals surface area contributed by atoms with Crippen molar-refractivity contribution >= 4 is 41.3 Å². The van der Waals surface area contributed by atoms with Crippen molar-refractivity contribution in [3.63, 3.8) is 0 Å². The molecule has 5 nitrogen and oxygen atoms in total. The molecule has 0 bridgehead atoms. The number of hydrogen-bond acceptors (Lipinski definition) is 4. The molecular formula is C16H22FIN4OS. The lowest BCUT2D eigenvalue weighted by atomic mass is 10.2. The van der Waals surface area contributed by atoms with Gasteiger partial charge in [-0.2, -0.15) is 0 Å². The molecule has 0 amide bonds. The summed E-state index contributed by atoms with van der Waals surface area (Å²) in [4.78, 5) is 9.77. The van der Waals surface area contributed by atoms with Gasteiger partial charge in [0.1, 0.15) is 5.01 Å². The van der Waals surface area contributed by atoms with Crippen molar-refractivity contribution in [2.75, 3.05) is 14.2 Å². The fourth-order valence-electron chi connectivity index (χ4n) is 1.98. The van der Waals surface area contributed by atoms with E-state index in [1.165, 1.54) is 18.1 Å². The van der Waals surface area contributed by atoms with Crippen molar-refractivity contribution in [2.24, 2.45) is 4.99 Å². The van der Waals surface area contributed by atoms with E-state index in [4.69, 9.17) is 4.74 Å². The van der Waals surface area contributed by atoms with Crippen LogP contribution in [0.25, 0.3) is 0 Å². The van der Waals surface area contributed by atoms with Crippen LogP contribution in [0.4, 0.5) is 4.39 Å². The number of hydrogen-bond donors (Lipinski definition) is 2. The summed E-state index contributed by atoms with van der Waals surface area (Å²) in [6, 6.07) is 4.88. The fraction of sp³-hybridized carbons (Fsp3) is 0.375. The van der Waals surface area contributed by atoms with Crippen molar-refractivity contribution in [3.8, 4) is 5.75 Å². The normalized spacial score (nSPS) is 10.9. The Balaban J connectivity index is 0.00000288. The second kappa shape index (κ2) is 10.4. The summed E-state index contributed by atoms with van der Waals surface area (Å²) >= 11 is 1.69. The number of nitrogens with one attached hydrogen (secondary N) is 2. The number of methoxy groups -OCH3 is 1. The smallest absolute Gasteiger partial charge is 0.191 e. The number of aromatic nitrogens is 1. The summed E-state index contributed by atoms with van der Waals surface area (Å²) in [5, 5.41) is 7.36. The third-order valence-electron chi connectivity index (χ3n) is 3.26. The van der Waals surface area contributed by atoms with Crippen LogP contribution in [0, 0.1) is 5.82 Å². The quantitative estimate of drug-likeness (QED) is 0.391. The number of aryl methyl sites for hydroxylation is 1. The van der Waals surface area contributed by atoms with E-state index in [0.717, 1.165) is 17.0 Å². The van der Waals surface area contributed by atoms with Crippen LogP contribution < -0.4 is 15.4 Å². The SMILES string of the molecule is CCc1cnc(CNC(=NC)NCc2ccc(OC)c(F)c2)s1.I. The van der Waals surface area contributed by atoms with Gasteiger partial charge in [0.2, 0.25) is 0 Å². The fourth-order valence-corrected chi connectivity index (χ4v) is 2.78. The predicted octanol–water partition coefficient (Wildman–Crippen LogP) is 3.34. The number of benzene rings is 1. The summed E-state index contributed by atoms with van der Waals surface area (Å²) in [7, 11) is 3.15. The standard InChI is InChI=1S/C16H21FN4OS.HI/c1-4-12-9-19-15(23-12)10-21-16(18-2)20-8-11-5-6-14(22-3)13(17)7-11;/h5-7,9H,4,8,10H2,1-3H3,(H2,18,20,21);1H. The van der Waals surface area contributed by atoms with E-state index < -0.39 is 0 Å². The Labute approximate surface area is 162 Å². The molecule has 1 heterocycles. The largest absolute Gasteiger partial charge is 0.494 e. The first kappa shape index (κ1) is 20.6. The van der Waals surface area contributed by atoms with Crippen LogP contribution in [0.3, 0.4) is 0 Å². The van der Waals surface area contributed by atoms with Crippen molar-refractivity contribution in [3.05, 3.63) is 45.7 Å². The predicted molar refractivity (Wildman–Crippen MR) is 107 cm³/mol. The lowest BCUT2D eigenvalue weighted by Gasteiger charge is -2.11. The van der Waals surface area contributed by atoms with Crippen LogP contribution in [0.1, 0.15) is 22.4 Å². The monoisotopic (exact) mass is 464 g/mol. The maximum absolute atomic E-state index is 13.7. The lowest BCUT2D eigenvalue weighted by Crippen LogP contribution is -2.36.